The van der Waals surface area contributed by atoms with Gasteiger partial charge in [0.05, 0.1) is 7.11 Å². The topological polar surface area (TPSA) is 21.3 Å². The van der Waals surface area contributed by atoms with E-state index < -0.39 is 0 Å². The molecule has 2 unspecified atom stereocenters. The fraction of sp³-hybridized carbons (Fsp3) is 0.647. The monoisotopic (exact) mass is 279 g/mol. The molecule has 1 aliphatic rings. The molecule has 20 heavy (non-hydrogen) atoms. The molecule has 0 radical (unpaired) electrons. The number of rotatable bonds is 5. The van der Waals surface area contributed by atoms with Crippen LogP contribution in [-0.2, 0) is 0 Å². The van der Waals surface area contributed by atoms with Crippen LogP contribution in [0, 0.1) is 11.7 Å². The molecule has 1 aliphatic carbocycles. The van der Waals surface area contributed by atoms with Gasteiger partial charge in [0.2, 0.25) is 0 Å². The molecule has 1 N–H and O–H groups in total. The average molecular weight is 279 g/mol. The molecule has 1 fully saturated rings. The van der Waals surface area contributed by atoms with Gasteiger partial charge in [0.1, 0.15) is 0 Å². The predicted molar refractivity (Wildman–Crippen MR) is 80.8 cm³/mol. The molecule has 0 spiro atoms. The van der Waals surface area contributed by atoms with E-state index in [1.807, 2.05) is 6.07 Å². The molecule has 2 atom stereocenters. The summed E-state index contributed by atoms with van der Waals surface area (Å²) in [5.41, 5.74) is 1.13. The van der Waals surface area contributed by atoms with Crippen molar-refractivity contribution in [3.8, 4) is 5.75 Å². The van der Waals surface area contributed by atoms with Crippen molar-refractivity contribution >= 4 is 0 Å². The zero-order valence-electron chi connectivity index (χ0n) is 12.6. The van der Waals surface area contributed by atoms with E-state index in [1.165, 1.54) is 39.2 Å². The predicted octanol–water partition coefficient (Wildman–Crippen LogP) is 4.11. The summed E-state index contributed by atoms with van der Waals surface area (Å²) in [6, 6.07) is 5.48. The van der Waals surface area contributed by atoms with E-state index in [0.29, 0.717) is 17.6 Å². The van der Waals surface area contributed by atoms with E-state index in [-0.39, 0.29) is 5.82 Å². The number of methoxy groups -OCH3 is 1. The van der Waals surface area contributed by atoms with Crippen molar-refractivity contribution in [3.63, 3.8) is 0 Å². The average Bonchev–Trinajstić information content (AvgIpc) is 2.70. The van der Waals surface area contributed by atoms with Crippen LogP contribution in [0.15, 0.2) is 18.2 Å². The summed E-state index contributed by atoms with van der Waals surface area (Å²) in [6.45, 7) is 4.17. The highest BCUT2D eigenvalue weighted by Gasteiger charge is 2.25. The lowest BCUT2D eigenvalue weighted by Gasteiger charge is -2.26. The largest absolute Gasteiger partial charge is 0.494 e. The highest BCUT2D eigenvalue weighted by Crippen LogP contribution is 2.37. The number of halogens is 1. The lowest BCUT2D eigenvalue weighted by atomic mass is 9.82. The summed E-state index contributed by atoms with van der Waals surface area (Å²) in [7, 11) is 1.51. The van der Waals surface area contributed by atoms with E-state index in [4.69, 9.17) is 4.74 Å². The van der Waals surface area contributed by atoms with Crippen molar-refractivity contribution in [2.75, 3.05) is 20.2 Å². The molecule has 3 heteroatoms. The standard InChI is InChI=1S/C17H26FNO/c1-3-19-12-14-7-5-4-6-8-15(14)13-9-10-17(20-2)16(18)11-13/h9-11,14-15,19H,3-8,12H2,1-2H3. The van der Waals surface area contributed by atoms with Crippen molar-refractivity contribution in [1.82, 2.24) is 5.32 Å². The van der Waals surface area contributed by atoms with Gasteiger partial charge in [-0.3, -0.25) is 0 Å². The van der Waals surface area contributed by atoms with E-state index in [1.54, 1.807) is 12.1 Å². The molecule has 0 saturated heterocycles. The Labute approximate surface area is 121 Å². The van der Waals surface area contributed by atoms with Gasteiger partial charge < -0.3 is 10.1 Å². The Kier molecular flexibility index (Phi) is 5.84. The molecule has 2 nitrogen and oxygen atoms in total. The van der Waals surface area contributed by atoms with Crippen LogP contribution >= 0.6 is 0 Å². The third-order valence-electron chi connectivity index (χ3n) is 4.42. The second-order valence-corrected chi connectivity index (χ2v) is 5.71. The van der Waals surface area contributed by atoms with Crippen LogP contribution in [0.3, 0.4) is 0 Å². The van der Waals surface area contributed by atoms with Crippen LogP contribution < -0.4 is 10.1 Å². The zero-order valence-corrected chi connectivity index (χ0v) is 12.6. The highest BCUT2D eigenvalue weighted by molar-refractivity contribution is 5.31. The SMILES string of the molecule is CCNCC1CCCCCC1c1ccc(OC)c(F)c1. The third kappa shape index (κ3) is 3.72. The van der Waals surface area contributed by atoms with Crippen LogP contribution in [0.1, 0.15) is 50.5 Å². The van der Waals surface area contributed by atoms with Gasteiger partial charge in [-0.1, -0.05) is 32.3 Å². The summed E-state index contributed by atoms with van der Waals surface area (Å²) in [5, 5.41) is 3.46. The van der Waals surface area contributed by atoms with Gasteiger partial charge in [-0.25, -0.2) is 4.39 Å². The fourth-order valence-electron chi connectivity index (χ4n) is 3.31. The highest BCUT2D eigenvalue weighted by atomic mass is 19.1. The van der Waals surface area contributed by atoms with Crippen LogP contribution in [0.5, 0.6) is 5.75 Å². The van der Waals surface area contributed by atoms with Gasteiger partial charge in [0, 0.05) is 0 Å². The molecule has 0 aliphatic heterocycles. The van der Waals surface area contributed by atoms with Gasteiger partial charge in [-0.15, -0.1) is 0 Å². The van der Waals surface area contributed by atoms with E-state index in [9.17, 15) is 4.39 Å². The molecule has 2 rings (SSSR count). The summed E-state index contributed by atoms with van der Waals surface area (Å²) < 4.78 is 19.0. The van der Waals surface area contributed by atoms with Crippen LogP contribution in [0.2, 0.25) is 0 Å². The smallest absolute Gasteiger partial charge is 0.165 e. The molecule has 112 valence electrons. The van der Waals surface area contributed by atoms with Crippen molar-refractivity contribution in [3.05, 3.63) is 29.6 Å². The molecule has 1 aromatic rings. The second kappa shape index (κ2) is 7.63. The Hall–Kier alpha value is -1.09. The first-order valence-electron chi connectivity index (χ1n) is 7.80. The maximum Gasteiger partial charge on any atom is 0.165 e. The van der Waals surface area contributed by atoms with Crippen LogP contribution in [-0.4, -0.2) is 20.2 Å². The lowest BCUT2D eigenvalue weighted by molar-refractivity contribution is 0.371. The van der Waals surface area contributed by atoms with Crippen molar-refractivity contribution in [2.24, 2.45) is 5.92 Å². The summed E-state index contributed by atoms with van der Waals surface area (Å²) in [5.74, 6) is 1.18. The quantitative estimate of drug-likeness (QED) is 0.819. The van der Waals surface area contributed by atoms with Gasteiger partial charge in [0.25, 0.3) is 0 Å². The molecule has 0 amide bonds. The van der Waals surface area contributed by atoms with Gasteiger partial charge >= 0.3 is 0 Å². The number of ether oxygens (including phenoxy) is 1. The van der Waals surface area contributed by atoms with Crippen molar-refractivity contribution < 1.29 is 9.13 Å². The minimum Gasteiger partial charge on any atom is -0.494 e. The first-order chi connectivity index (χ1) is 9.76. The first kappa shape index (κ1) is 15.3. The summed E-state index contributed by atoms with van der Waals surface area (Å²) >= 11 is 0. The van der Waals surface area contributed by atoms with Gasteiger partial charge in [0.15, 0.2) is 11.6 Å². The van der Waals surface area contributed by atoms with E-state index >= 15 is 0 Å². The fourth-order valence-corrected chi connectivity index (χ4v) is 3.31. The first-order valence-corrected chi connectivity index (χ1v) is 7.80. The normalized spacial score (nSPS) is 23.4. The Morgan fingerprint density at radius 3 is 2.75 bits per heavy atom. The molecule has 0 bridgehead atoms. The van der Waals surface area contributed by atoms with Crippen LogP contribution in [0.25, 0.3) is 0 Å². The number of hydrogen-bond donors (Lipinski definition) is 1. The zero-order chi connectivity index (χ0) is 14.4. The Morgan fingerprint density at radius 1 is 1.25 bits per heavy atom. The minimum atomic E-state index is -0.239. The van der Waals surface area contributed by atoms with E-state index in [0.717, 1.165) is 18.7 Å². The Morgan fingerprint density at radius 2 is 2.05 bits per heavy atom. The number of benzene rings is 1. The maximum absolute atomic E-state index is 13.9. The molecule has 1 aromatic carbocycles. The summed E-state index contributed by atoms with van der Waals surface area (Å²) in [6.07, 6.45) is 6.26. The second-order valence-electron chi connectivity index (χ2n) is 5.71. The van der Waals surface area contributed by atoms with Gasteiger partial charge in [-0.05, 0) is 55.5 Å². The van der Waals surface area contributed by atoms with Gasteiger partial charge in [-0.2, -0.15) is 0 Å². The molecular formula is C17H26FNO. The number of hydrogen-bond acceptors (Lipinski definition) is 2. The molecule has 0 heterocycles. The van der Waals surface area contributed by atoms with E-state index in [2.05, 4.69) is 12.2 Å². The Bertz CT molecular complexity index is 421. The van der Waals surface area contributed by atoms with Crippen LogP contribution in [0.4, 0.5) is 4.39 Å². The van der Waals surface area contributed by atoms with Crippen molar-refractivity contribution in [2.45, 2.75) is 44.9 Å². The molecular weight excluding hydrogens is 253 g/mol. The molecule has 0 aromatic heterocycles. The molecule has 1 saturated carbocycles. The third-order valence-corrected chi connectivity index (χ3v) is 4.42. The van der Waals surface area contributed by atoms with Crippen molar-refractivity contribution in [1.29, 1.82) is 0 Å². The maximum atomic E-state index is 13.9. The lowest BCUT2D eigenvalue weighted by Crippen LogP contribution is -2.26. The minimum absolute atomic E-state index is 0.239. The summed E-state index contributed by atoms with van der Waals surface area (Å²) in [4.78, 5) is 0. The number of nitrogens with one attached hydrogen (secondary N) is 1. The Balaban J connectivity index is 2.18.